The van der Waals surface area contributed by atoms with Crippen LogP contribution in [0, 0.1) is 29.2 Å². The number of carbonyl (C=O) groups excluding carboxylic acids is 1. The summed E-state index contributed by atoms with van der Waals surface area (Å²) in [7, 11) is 0. The Balaban J connectivity index is 2.16. The molecular weight excluding hydrogens is 280 g/mol. The largest absolute Gasteiger partial charge is 0.420 e. The van der Waals surface area contributed by atoms with E-state index in [1.165, 1.54) is 0 Å². The van der Waals surface area contributed by atoms with Gasteiger partial charge in [-0.05, 0) is 25.7 Å². The first-order chi connectivity index (χ1) is 9.40. The summed E-state index contributed by atoms with van der Waals surface area (Å²) in [5.74, 6) is -9.72. The van der Waals surface area contributed by atoms with Crippen molar-refractivity contribution in [3.05, 3.63) is 29.3 Å². The van der Waals surface area contributed by atoms with Gasteiger partial charge in [-0.15, -0.1) is 0 Å². The number of aliphatic hydroxyl groups is 1. The Morgan fingerprint density at radius 2 is 1.55 bits per heavy atom. The summed E-state index contributed by atoms with van der Waals surface area (Å²) >= 11 is 0. The molecule has 0 bridgehead atoms. The number of aliphatic hydroxyl groups excluding tert-OH is 1. The third-order valence-electron chi connectivity index (χ3n) is 3.30. The molecule has 1 N–H and O–H groups in total. The van der Waals surface area contributed by atoms with Gasteiger partial charge in [-0.3, -0.25) is 4.79 Å². The van der Waals surface area contributed by atoms with Gasteiger partial charge in [-0.25, -0.2) is 8.78 Å². The zero-order chi connectivity index (χ0) is 14.9. The van der Waals surface area contributed by atoms with Crippen LogP contribution in [0.5, 0.6) is 5.75 Å². The molecule has 0 heterocycles. The van der Waals surface area contributed by atoms with Crippen molar-refractivity contribution >= 4 is 5.97 Å². The normalized spacial score (nSPS) is 22.6. The van der Waals surface area contributed by atoms with Gasteiger partial charge < -0.3 is 9.84 Å². The summed E-state index contributed by atoms with van der Waals surface area (Å²) in [6.07, 6.45) is 0.797. The number of esters is 1. The Labute approximate surface area is 112 Å². The number of benzene rings is 1. The van der Waals surface area contributed by atoms with E-state index in [9.17, 15) is 27.5 Å². The fraction of sp³-hybridized carbons (Fsp3) is 0.462. The Kier molecular flexibility index (Phi) is 4.27. The molecule has 0 spiro atoms. The van der Waals surface area contributed by atoms with E-state index in [2.05, 4.69) is 4.74 Å². The predicted molar refractivity (Wildman–Crippen MR) is 59.9 cm³/mol. The first-order valence-electron chi connectivity index (χ1n) is 6.13. The van der Waals surface area contributed by atoms with Crippen molar-refractivity contribution in [2.45, 2.75) is 31.8 Å². The summed E-state index contributed by atoms with van der Waals surface area (Å²) in [4.78, 5) is 11.7. The SMILES string of the molecule is O=C(Oc1c(F)c(F)cc(F)c1F)[C@H]1CC[C@@H](O)CC1. The molecule has 2 rings (SSSR count). The second-order valence-electron chi connectivity index (χ2n) is 4.72. The molecule has 0 aromatic heterocycles. The number of halogens is 4. The van der Waals surface area contributed by atoms with Crippen LogP contribution < -0.4 is 4.74 Å². The van der Waals surface area contributed by atoms with Crippen molar-refractivity contribution in [3.8, 4) is 5.75 Å². The predicted octanol–water partition coefficient (Wildman–Crippen LogP) is 2.70. The molecule has 1 aromatic rings. The van der Waals surface area contributed by atoms with Crippen molar-refractivity contribution in [1.29, 1.82) is 0 Å². The Morgan fingerprint density at radius 1 is 1.05 bits per heavy atom. The van der Waals surface area contributed by atoms with E-state index in [1.807, 2.05) is 0 Å². The van der Waals surface area contributed by atoms with E-state index in [-0.39, 0.29) is 6.07 Å². The lowest BCUT2D eigenvalue weighted by atomic mass is 9.87. The number of carbonyl (C=O) groups is 1. The molecule has 1 aliphatic carbocycles. The first kappa shape index (κ1) is 14.8. The van der Waals surface area contributed by atoms with Gasteiger partial charge in [-0.2, -0.15) is 8.78 Å². The minimum atomic E-state index is -1.74. The van der Waals surface area contributed by atoms with Crippen LogP contribution in [0.3, 0.4) is 0 Å². The third kappa shape index (κ3) is 2.92. The molecule has 0 unspecified atom stereocenters. The van der Waals surface area contributed by atoms with Gasteiger partial charge in [0, 0.05) is 6.07 Å². The van der Waals surface area contributed by atoms with E-state index >= 15 is 0 Å². The molecular formula is C13H12F4O3. The zero-order valence-electron chi connectivity index (χ0n) is 10.3. The average Bonchev–Trinajstić information content (AvgIpc) is 2.42. The maximum absolute atomic E-state index is 13.3. The Morgan fingerprint density at radius 3 is 2.05 bits per heavy atom. The third-order valence-corrected chi connectivity index (χ3v) is 3.30. The maximum Gasteiger partial charge on any atom is 0.314 e. The monoisotopic (exact) mass is 292 g/mol. The molecule has 0 atom stereocenters. The smallest absolute Gasteiger partial charge is 0.314 e. The second-order valence-corrected chi connectivity index (χ2v) is 4.72. The Hall–Kier alpha value is -1.63. The molecule has 0 saturated heterocycles. The summed E-state index contributed by atoms with van der Waals surface area (Å²) in [5.41, 5.74) is 0. The van der Waals surface area contributed by atoms with Crippen LogP contribution in [0.15, 0.2) is 6.07 Å². The lowest BCUT2D eigenvalue weighted by molar-refractivity contribution is -0.141. The molecule has 1 fully saturated rings. The molecule has 110 valence electrons. The van der Waals surface area contributed by atoms with Crippen molar-refractivity contribution in [3.63, 3.8) is 0 Å². The highest BCUT2D eigenvalue weighted by molar-refractivity contribution is 5.75. The van der Waals surface area contributed by atoms with Gasteiger partial charge >= 0.3 is 5.97 Å². The summed E-state index contributed by atoms with van der Waals surface area (Å²) in [5, 5.41) is 9.29. The van der Waals surface area contributed by atoms with E-state index in [1.54, 1.807) is 0 Å². The molecule has 1 aliphatic rings. The standard InChI is InChI=1S/C13H12F4O3/c14-8-5-9(15)11(17)12(10(8)16)20-13(19)6-1-3-7(18)4-2-6/h5-7,18H,1-4H2/t6-,7+. The van der Waals surface area contributed by atoms with Crippen LogP contribution >= 0.6 is 0 Å². The molecule has 0 radical (unpaired) electrons. The van der Waals surface area contributed by atoms with Crippen LogP contribution in [0.4, 0.5) is 17.6 Å². The maximum atomic E-state index is 13.3. The van der Waals surface area contributed by atoms with Crippen molar-refractivity contribution in [2.75, 3.05) is 0 Å². The van der Waals surface area contributed by atoms with Crippen LogP contribution in [0.2, 0.25) is 0 Å². The first-order valence-corrected chi connectivity index (χ1v) is 6.13. The summed E-state index contributed by atoms with van der Waals surface area (Å²) < 4.78 is 57.0. The van der Waals surface area contributed by atoms with Gasteiger partial charge in [0.2, 0.25) is 17.4 Å². The topological polar surface area (TPSA) is 46.5 Å². The van der Waals surface area contributed by atoms with Gasteiger partial charge in [0.05, 0.1) is 12.0 Å². The number of ether oxygens (including phenoxy) is 1. The van der Waals surface area contributed by atoms with Gasteiger partial charge in [0.15, 0.2) is 11.6 Å². The van der Waals surface area contributed by atoms with Crippen LogP contribution in [-0.4, -0.2) is 17.2 Å². The molecule has 3 nitrogen and oxygen atoms in total. The van der Waals surface area contributed by atoms with E-state index < -0.39 is 47.0 Å². The van der Waals surface area contributed by atoms with Gasteiger partial charge in [0.25, 0.3) is 0 Å². The summed E-state index contributed by atoms with van der Waals surface area (Å²) in [6.45, 7) is 0. The highest BCUT2D eigenvalue weighted by Crippen LogP contribution is 2.30. The quantitative estimate of drug-likeness (QED) is 0.394. The fourth-order valence-electron chi connectivity index (χ4n) is 2.14. The average molecular weight is 292 g/mol. The van der Waals surface area contributed by atoms with E-state index in [0.717, 1.165) is 0 Å². The van der Waals surface area contributed by atoms with Crippen LogP contribution in [0.25, 0.3) is 0 Å². The lowest BCUT2D eigenvalue weighted by Gasteiger charge is -2.23. The van der Waals surface area contributed by atoms with E-state index in [4.69, 9.17) is 0 Å². The molecule has 7 heteroatoms. The molecule has 1 aromatic carbocycles. The zero-order valence-corrected chi connectivity index (χ0v) is 10.3. The summed E-state index contributed by atoms with van der Waals surface area (Å²) in [6, 6.07) is 0.0406. The van der Waals surface area contributed by atoms with Crippen LogP contribution in [0.1, 0.15) is 25.7 Å². The second kappa shape index (κ2) is 5.78. The lowest BCUT2D eigenvalue weighted by Crippen LogP contribution is -2.28. The van der Waals surface area contributed by atoms with Crippen molar-refractivity contribution in [1.82, 2.24) is 0 Å². The van der Waals surface area contributed by atoms with Gasteiger partial charge in [0.1, 0.15) is 0 Å². The highest BCUT2D eigenvalue weighted by Gasteiger charge is 2.30. The van der Waals surface area contributed by atoms with Crippen LogP contribution in [-0.2, 0) is 4.79 Å². The van der Waals surface area contributed by atoms with E-state index in [0.29, 0.717) is 25.7 Å². The highest BCUT2D eigenvalue weighted by atomic mass is 19.2. The van der Waals surface area contributed by atoms with Crippen molar-refractivity contribution < 1.29 is 32.2 Å². The molecule has 0 aliphatic heterocycles. The minimum Gasteiger partial charge on any atom is -0.420 e. The molecule has 0 amide bonds. The molecule has 20 heavy (non-hydrogen) atoms. The minimum absolute atomic E-state index is 0.0406. The van der Waals surface area contributed by atoms with Gasteiger partial charge in [-0.1, -0.05) is 0 Å². The fourth-order valence-corrected chi connectivity index (χ4v) is 2.14. The Bertz CT molecular complexity index is 499. The number of rotatable bonds is 2. The molecule has 1 saturated carbocycles. The van der Waals surface area contributed by atoms with Crippen molar-refractivity contribution in [2.24, 2.45) is 5.92 Å². The number of hydrogen-bond acceptors (Lipinski definition) is 3. The number of hydrogen-bond donors (Lipinski definition) is 1.